The third kappa shape index (κ3) is 5.02. The van der Waals surface area contributed by atoms with Crippen LogP contribution in [-0.4, -0.2) is 52.9 Å². The highest BCUT2D eigenvalue weighted by Crippen LogP contribution is 2.32. The third-order valence-electron chi connectivity index (χ3n) is 4.87. The maximum atomic E-state index is 13.0. The summed E-state index contributed by atoms with van der Waals surface area (Å²) >= 11 is 0. The van der Waals surface area contributed by atoms with Gasteiger partial charge in [0.05, 0.1) is 0 Å². The molecule has 6 nitrogen and oxygen atoms in total. The van der Waals surface area contributed by atoms with E-state index in [2.05, 4.69) is 32.5 Å². The van der Waals surface area contributed by atoms with Crippen molar-refractivity contribution in [2.24, 2.45) is 18.0 Å². The van der Waals surface area contributed by atoms with E-state index in [4.69, 9.17) is 0 Å². The molecule has 0 spiro atoms. The van der Waals surface area contributed by atoms with Gasteiger partial charge in [-0.25, -0.2) is 0 Å². The van der Waals surface area contributed by atoms with Crippen LogP contribution in [0.3, 0.4) is 0 Å². The molecule has 2 unspecified atom stereocenters. The van der Waals surface area contributed by atoms with Crippen molar-refractivity contribution >= 4 is 29.9 Å². The Hall–Kier alpha value is -1.04. The summed E-state index contributed by atoms with van der Waals surface area (Å²) in [7, 11) is 3.11. The zero-order chi connectivity index (χ0) is 18.2. The van der Waals surface area contributed by atoms with Gasteiger partial charge in [-0.2, -0.15) is 18.3 Å². The van der Waals surface area contributed by atoms with Gasteiger partial charge in [-0.15, -0.1) is 24.0 Å². The lowest BCUT2D eigenvalue weighted by atomic mass is 10.1. The SMILES string of the molecule is CN=C(NCc1cn(C)nc1C(F)(F)F)NC1CN(C2CC2)CC1C.I. The first-order valence-electron chi connectivity index (χ1n) is 8.59. The number of halogens is 4. The molecule has 0 bridgehead atoms. The molecule has 148 valence electrons. The maximum absolute atomic E-state index is 13.0. The smallest absolute Gasteiger partial charge is 0.352 e. The summed E-state index contributed by atoms with van der Waals surface area (Å²) < 4.78 is 40.2. The van der Waals surface area contributed by atoms with Gasteiger partial charge < -0.3 is 10.6 Å². The molecule has 1 aromatic rings. The number of guanidine groups is 1. The van der Waals surface area contributed by atoms with Crippen LogP contribution in [0.4, 0.5) is 13.2 Å². The highest BCUT2D eigenvalue weighted by atomic mass is 127. The predicted molar refractivity (Wildman–Crippen MR) is 105 cm³/mol. The standard InChI is InChI=1S/C16H25F3N6.HI/c1-10-7-25(12-4-5-12)9-13(10)22-15(20-2)21-6-11-8-24(3)23-14(11)16(17,18)19;/h8,10,12-13H,4-7,9H2,1-3H3,(H2,20,21,22);1H. The van der Waals surface area contributed by atoms with E-state index in [1.54, 1.807) is 7.05 Å². The number of alkyl halides is 3. The molecule has 0 radical (unpaired) electrons. The Bertz CT molecular complexity index is 640. The average Bonchev–Trinajstić information content (AvgIpc) is 3.22. The summed E-state index contributed by atoms with van der Waals surface area (Å²) in [6.45, 7) is 4.22. The van der Waals surface area contributed by atoms with Gasteiger partial charge in [0, 0.05) is 57.6 Å². The zero-order valence-electron chi connectivity index (χ0n) is 15.2. The number of hydrogen-bond acceptors (Lipinski definition) is 3. The number of rotatable bonds is 4. The number of aliphatic imine (C=N–C) groups is 1. The van der Waals surface area contributed by atoms with Gasteiger partial charge in [0.2, 0.25) is 0 Å². The Labute approximate surface area is 168 Å². The molecule has 2 N–H and O–H groups in total. The van der Waals surface area contributed by atoms with E-state index in [0.717, 1.165) is 13.1 Å². The molecule has 2 atom stereocenters. The predicted octanol–water partition coefficient (Wildman–Crippen LogP) is 2.20. The van der Waals surface area contributed by atoms with Crippen molar-refractivity contribution in [1.82, 2.24) is 25.3 Å². The number of likely N-dealkylation sites (tertiary alicyclic amines) is 1. The molecule has 1 aliphatic carbocycles. The first kappa shape index (κ1) is 21.3. The van der Waals surface area contributed by atoms with Crippen LogP contribution in [0.15, 0.2) is 11.2 Å². The molecule has 10 heteroatoms. The van der Waals surface area contributed by atoms with E-state index in [0.29, 0.717) is 17.9 Å². The Morgan fingerprint density at radius 1 is 1.35 bits per heavy atom. The molecular weight excluding hydrogens is 460 g/mol. The second kappa shape index (κ2) is 8.32. The van der Waals surface area contributed by atoms with Crippen LogP contribution >= 0.6 is 24.0 Å². The van der Waals surface area contributed by atoms with E-state index in [-0.39, 0.29) is 42.1 Å². The summed E-state index contributed by atoms with van der Waals surface area (Å²) in [5.41, 5.74) is -0.746. The minimum Gasteiger partial charge on any atom is -0.352 e. The third-order valence-corrected chi connectivity index (χ3v) is 4.87. The van der Waals surface area contributed by atoms with E-state index in [9.17, 15) is 13.2 Å². The van der Waals surface area contributed by atoms with Gasteiger partial charge in [0.25, 0.3) is 0 Å². The molecule has 3 rings (SSSR count). The molecule has 2 aliphatic rings. The minimum absolute atomic E-state index is 0. The molecular formula is C16H26F3IN6. The Morgan fingerprint density at radius 3 is 2.62 bits per heavy atom. The minimum atomic E-state index is -4.46. The van der Waals surface area contributed by atoms with Crippen LogP contribution in [0.5, 0.6) is 0 Å². The number of nitrogens with one attached hydrogen (secondary N) is 2. The van der Waals surface area contributed by atoms with Gasteiger partial charge in [-0.1, -0.05) is 6.92 Å². The first-order chi connectivity index (χ1) is 11.8. The second-order valence-electron chi connectivity index (χ2n) is 7.01. The Morgan fingerprint density at radius 2 is 2.04 bits per heavy atom. The molecule has 1 saturated heterocycles. The van der Waals surface area contributed by atoms with Crippen molar-refractivity contribution < 1.29 is 13.2 Å². The zero-order valence-corrected chi connectivity index (χ0v) is 17.5. The van der Waals surface area contributed by atoms with E-state index < -0.39 is 11.9 Å². The van der Waals surface area contributed by atoms with E-state index in [1.807, 2.05) is 0 Å². The molecule has 26 heavy (non-hydrogen) atoms. The molecule has 2 fully saturated rings. The average molecular weight is 486 g/mol. The lowest BCUT2D eigenvalue weighted by Gasteiger charge is -2.20. The summed E-state index contributed by atoms with van der Waals surface area (Å²) in [4.78, 5) is 6.64. The van der Waals surface area contributed by atoms with Gasteiger partial charge >= 0.3 is 6.18 Å². The normalized spacial score (nSPS) is 24.5. The summed E-state index contributed by atoms with van der Waals surface area (Å²) in [5, 5.41) is 9.86. The highest BCUT2D eigenvalue weighted by Gasteiger charge is 2.39. The fraction of sp³-hybridized carbons (Fsp3) is 0.750. The van der Waals surface area contributed by atoms with Gasteiger partial charge in [-0.05, 0) is 18.8 Å². The van der Waals surface area contributed by atoms with Crippen molar-refractivity contribution in [1.29, 1.82) is 0 Å². The molecule has 0 aromatic carbocycles. The van der Waals surface area contributed by atoms with Gasteiger partial charge in [0.15, 0.2) is 11.7 Å². The fourth-order valence-electron chi connectivity index (χ4n) is 3.38. The van der Waals surface area contributed by atoms with Crippen molar-refractivity contribution in [3.05, 3.63) is 17.5 Å². The van der Waals surface area contributed by atoms with E-state index in [1.165, 1.54) is 30.8 Å². The fourth-order valence-corrected chi connectivity index (χ4v) is 3.38. The molecule has 0 amide bonds. The van der Waals surface area contributed by atoms with Crippen molar-refractivity contribution in [2.45, 2.75) is 44.6 Å². The Balaban J connectivity index is 0.00000243. The number of hydrogen-bond donors (Lipinski definition) is 2. The Kier molecular flexibility index (Phi) is 6.81. The quantitative estimate of drug-likeness (QED) is 0.390. The van der Waals surface area contributed by atoms with Crippen molar-refractivity contribution in [2.75, 3.05) is 20.1 Å². The van der Waals surface area contributed by atoms with Crippen LogP contribution in [0.25, 0.3) is 0 Å². The highest BCUT2D eigenvalue weighted by molar-refractivity contribution is 14.0. The molecule has 1 aromatic heterocycles. The maximum Gasteiger partial charge on any atom is 0.435 e. The number of aryl methyl sites for hydroxylation is 1. The lowest BCUT2D eigenvalue weighted by Crippen LogP contribution is -2.46. The van der Waals surface area contributed by atoms with Crippen LogP contribution in [0.2, 0.25) is 0 Å². The largest absolute Gasteiger partial charge is 0.435 e. The van der Waals surface area contributed by atoms with Crippen molar-refractivity contribution in [3.63, 3.8) is 0 Å². The van der Waals surface area contributed by atoms with Crippen LogP contribution in [0, 0.1) is 5.92 Å². The molecule has 2 heterocycles. The van der Waals surface area contributed by atoms with Crippen molar-refractivity contribution in [3.8, 4) is 0 Å². The summed E-state index contributed by atoms with van der Waals surface area (Å²) in [5.74, 6) is 0.995. The van der Waals surface area contributed by atoms with Crippen LogP contribution in [0.1, 0.15) is 31.0 Å². The second-order valence-corrected chi connectivity index (χ2v) is 7.01. The van der Waals surface area contributed by atoms with Crippen LogP contribution < -0.4 is 10.6 Å². The number of nitrogens with zero attached hydrogens (tertiary/aromatic N) is 4. The molecule has 1 saturated carbocycles. The monoisotopic (exact) mass is 486 g/mol. The summed E-state index contributed by atoms with van der Waals surface area (Å²) in [6.07, 6.45) is -0.530. The van der Waals surface area contributed by atoms with Gasteiger partial charge in [-0.3, -0.25) is 14.6 Å². The first-order valence-corrected chi connectivity index (χ1v) is 8.59. The summed E-state index contributed by atoms with van der Waals surface area (Å²) in [6, 6.07) is 0.969. The molecule has 1 aliphatic heterocycles. The topological polar surface area (TPSA) is 57.5 Å². The van der Waals surface area contributed by atoms with E-state index >= 15 is 0 Å². The van der Waals surface area contributed by atoms with Crippen LogP contribution in [-0.2, 0) is 19.8 Å². The lowest BCUT2D eigenvalue weighted by molar-refractivity contribution is -0.142. The number of aromatic nitrogens is 2. The van der Waals surface area contributed by atoms with Gasteiger partial charge in [0.1, 0.15) is 0 Å².